The molecule has 0 atom stereocenters. The zero-order valence-corrected chi connectivity index (χ0v) is 24.9. The van der Waals surface area contributed by atoms with Gasteiger partial charge < -0.3 is 4.57 Å². The van der Waals surface area contributed by atoms with E-state index in [1.54, 1.807) is 18.2 Å². The topological polar surface area (TPSA) is 83.8 Å². The third kappa shape index (κ3) is 7.13. The van der Waals surface area contributed by atoms with Crippen molar-refractivity contribution >= 4 is 56.9 Å². The van der Waals surface area contributed by atoms with E-state index in [2.05, 4.69) is 10.5 Å². The van der Waals surface area contributed by atoms with Gasteiger partial charge in [-0.25, -0.2) is 13.8 Å². The number of hydrazone groups is 1. The first-order chi connectivity index (χ1) is 19.1. The number of amides is 1. The van der Waals surface area contributed by atoms with Crippen LogP contribution in [0.5, 0.6) is 0 Å². The molecule has 0 spiro atoms. The number of hydrogen-bond acceptors (Lipinski definition) is 4. The lowest BCUT2D eigenvalue weighted by Crippen LogP contribution is -2.40. The van der Waals surface area contributed by atoms with Crippen LogP contribution in [0.2, 0.25) is 15.1 Å². The van der Waals surface area contributed by atoms with Crippen LogP contribution in [-0.2, 0) is 21.2 Å². The lowest BCUT2D eigenvalue weighted by Gasteiger charge is -2.21. The maximum Gasteiger partial charge on any atom is 0.255 e. The van der Waals surface area contributed by atoms with Gasteiger partial charge in [-0.2, -0.15) is 9.41 Å². The number of aryl methyl sites for hydroxylation is 1. The molecule has 0 bridgehead atoms. The number of halogens is 3. The molecular weight excluding hydrogens is 591 g/mol. The average molecular weight is 618 g/mol. The van der Waals surface area contributed by atoms with Crippen LogP contribution < -0.4 is 5.43 Å². The third-order valence-corrected chi connectivity index (χ3v) is 8.94. The standard InChI is InChI=1S/C29H27Cl3N4O3S/c1-20-16-23(21(2)36(20)28-17-25(31)10-13-27(28)32)18-33-34-29(37)19-35(15-14-22-6-4-3-5-7-22)40(38,39)26-11-8-24(30)9-12-26/h3-13,16-18H,14-15,19H2,1-2H3,(H,34,37). The zero-order valence-electron chi connectivity index (χ0n) is 21.8. The number of rotatable bonds is 10. The molecule has 7 nitrogen and oxygen atoms in total. The Balaban J connectivity index is 1.50. The zero-order chi connectivity index (χ0) is 28.9. The smallest absolute Gasteiger partial charge is 0.255 e. The molecule has 0 fully saturated rings. The summed E-state index contributed by atoms with van der Waals surface area (Å²) in [6.45, 7) is 3.52. The van der Waals surface area contributed by atoms with Crippen molar-refractivity contribution in [1.29, 1.82) is 0 Å². The van der Waals surface area contributed by atoms with Gasteiger partial charge in [0.25, 0.3) is 5.91 Å². The molecule has 1 amide bonds. The molecule has 4 rings (SSSR count). The number of carbonyl (C=O) groups is 1. The van der Waals surface area contributed by atoms with Gasteiger partial charge in [0, 0.05) is 33.5 Å². The summed E-state index contributed by atoms with van der Waals surface area (Å²) in [6.07, 6.45) is 1.94. The van der Waals surface area contributed by atoms with Crippen LogP contribution in [-0.4, -0.2) is 42.5 Å². The molecule has 0 aliphatic heterocycles. The first-order valence-electron chi connectivity index (χ1n) is 12.3. The number of hydrogen-bond donors (Lipinski definition) is 1. The Hall–Kier alpha value is -3.14. The van der Waals surface area contributed by atoms with Crippen LogP contribution in [0.15, 0.2) is 88.9 Å². The Morgan fingerprint density at radius 1 is 0.950 bits per heavy atom. The van der Waals surface area contributed by atoms with Gasteiger partial charge in [-0.15, -0.1) is 0 Å². The van der Waals surface area contributed by atoms with Crippen molar-refractivity contribution in [3.63, 3.8) is 0 Å². The number of nitrogens with one attached hydrogen (secondary N) is 1. The molecule has 0 saturated carbocycles. The summed E-state index contributed by atoms with van der Waals surface area (Å²) >= 11 is 18.5. The number of carbonyl (C=O) groups excluding carboxylic acids is 1. The highest BCUT2D eigenvalue weighted by Gasteiger charge is 2.26. The van der Waals surface area contributed by atoms with Gasteiger partial charge in [0.1, 0.15) is 0 Å². The molecule has 0 aliphatic rings. The molecule has 40 heavy (non-hydrogen) atoms. The minimum absolute atomic E-state index is 0.0494. The number of nitrogens with zero attached hydrogens (tertiary/aromatic N) is 3. The predicted molar refractivity (Wildman–Crippen MR) is 161 cm³/mol. The first-order valence-corrected chi connectivity index (χ1v) is 14.9. The van der Waals surface area contributed by atoms with E-state index in [9.17, 15) is 13.2 Å². The fraction of sp³-hybridized carbons (Fsp3) is 0.172. The van der Waals surface area contributed by atoms with Crippen molar-refractivity contribution in [2.75, 3.05) is 13.1 Å². The van der Waals surface area contributed by atoms with E-state index in [4.69, 9.17) is 34.8 Å². The molecule has 0 saturated heterocycles. The van der Waals surface area contributed by atoms with Gasteiger partial charge in [0.2, 0.25) is 10.0 Å². The summed E-state index contributed by atoms with van der Waals surface area (Å²) in [4.78, 5) is 12.9. The minimum Gasteiger partial charge on any atom is -0.316 e. The molecule has 11 heteroatoms. The lowest BCUT2D eigenvalue weighted by molar-refractivity contribution is -0.121. The Kier molecular flexibility index (Phi) is 9.71. The average Bonchev–Trinajstić information content (AvgIpc) is 3.21. The van der Waals surface area contributed by atoms with Crippen molar-refractivity contribution in [3.05, 3.63) is 116 Å². The Labute approximate surface area is 249 Å². The van der Waals surface area contributed by atoms with E-state index in [-0.39, 0.29) is 11.4 Å². The molecule has 3 aromatic carbocycles. The van der Waals surface area contributed by atoms with Gasteiger partial charge in [-0.05, 0) is 74.4 Å². The van der Waals surface area contributed by atoms with Crippen molar-refractivity contribution in [1.82, 2.24) is 14.3 Å². The van der Waals surface area contributed by atoms with E-state index < -0.39 is 22.5 Å². The van der Waals surface area contributed by atoms with Crippen LogP contribution >= 0.6 is 34.8 Å². The summed E-state index contributed by atoms with van der Waals surface area (Å²) in [5.74, 6) is -0.575. The fourth-order valence-electron chi connectivity index (χ4n) is 4.25. The fourth-order valence-corrected chi connectivity index (χ4v) is 6.15. The number of benzene rings is 3. The van der Waals surface area contributed by atoms with Crippen LogP contribution in [0.4, 0.5) is 0 Å². The van der Waals surface area contributed by atoms with E-state index in [0.717, 1.165) is 32.5 Å². The van der Waals surface area contributed by atoms with Crippen molar-refractivity contribution in [2.45, 2.75) is 25.2 Å². The quantitative estimate of drug-likeness (QED) is 0.164. The van der Waals surface area contributed by atoms with E-state index in [1.807, 2.05) is 54.8 Å². The summed E-state index contributed by atoms with van der Waals surface area (Å²) in [5, 5.41) is 5.61. The van der Waals surface area contributed by atoms with Gasteiger partial charge in [-0.1, -0.05) is 65.1 Å². The maximum atomic E-state index is 13.4. The van der Waals surface area contributed by atoms with E-state index >= 15 is 0 Å². The summed E-state index contributed by atoms with van der Waals surface area (Å²) in [7, 11) is -3.97. The molecule has 1 N–H and O–H groups in total. The Morgan fingerprint density at radius 3 is 2.33 bits per heavy atom. The molecule has 4 aromatic rings. The highest BCUT2D eigenvalue weighted by Crippen LogP contribution is 2.28. The first kappa shape index (κ1) is 29.8. The van der Waals surface area contributed by atoms with Crippen molar-refractivity contribution in [2.24, 2.45) is 5.10 Å². The molecule has 1 aromatic heterocycles. The summed E-state index contributed by atoms with van der Waals surface area (Å²) < 4.78 is 29.9. The minimum atomic E-state index is -3.97. The highest BCUT2D eigenvalue weighted by atomic mass is 35.5. The number of sulfonamides is 1. The number of aromatic nitrogens is 1. The molecule has 0 radical (unpaired) electrons. The predicted octanol–water partition coefficient (Wildman–Crippen LogP) is 6.44. The van der Waals surface area contributed by atoms with Gasteiger partial charge in [0.15, 0.2) is 0 Å². The van der Waals surface area contributed by atoms with Crippen LogP contribution in [0.1, 0.15) is 22.5 Å². The molecule has 208 valence electrons. The Morgan fingerprint density at radius 2 is 1.62 bits per heavy atom. The normalized spacial score (nSPS) is 11.8. The Bertz CT molecular complexity index is 1640. The monoisotopic (exact) mass is 616 g/mol. The van der Waals surface area contributed by atoms with E-state index in [1.165, 1.54) is 30.5 Å². The molecule has 1 heterocycles. The summed E-state index contributed by atoms with van der Waals surface area (Å²) in [6, 6.07) is 22.4. The largest absolute Gasteiger partial charge is 0.316 e. The van der Waals surface area contributed by atoms with Crippen molar-refractivity contribution in [3.8, 4) is 5.69 Å². The van der Waals surface area contributed by atoms with Crippen LogP contribution in [0.3, 0.4) is 0 Å². The van der Waals surface area contributed by atoms with Gasteiger partial charge in [0.05, 0.1) is 28.4 Å². The van der Waals surface area contributed by atoms with Crippen LogP contribution in [0, 0.1) is 13.8 Å². The maximum absolute atomic E-state index is 13.4. The van der Waals surface area contributed by atoms with Gasteiger partial charge >= 0.3 is 0 Å². The van der Waals surface area contributed by atoms with Crippen LogP contribution in [0.25, 0.3) is 5.69 Å². The second-order valence-electron chi connectivity index (χ2n) is 9.08. The van der Waals surface area contributed by atoms with E-state index in [0.29, 0.717) is 21.5 Å². The second-order valence-corrected chi connectivity index (χ2v) is 12.3. The molecule has 0 unspecified atom stereocenters. The molecular formula is C29H27Cl3N4O3S. The third-order valence-electron chi connectivity index (χ3n) is 6.28. The lowest BCUT2D eigenvalue weighted by atomic mass is 10.1. The summed E-state index contributed by atoms with van der Waals surface area (Å²) in [5.41, 5.74) is 6.63. The second kappa shape index (κ2) is 13.0. The van der Waals surface area contributed by atoms with Gasteiger partial charge in [-0.3, -0.25) is 4.79 Å². The van der Waals surface area contributed by atoms with Crippen molar-refractivity contribution < 1.29 is 13.2 Å². The molecule has 0 aliphatic carbocycles. The SMILES string of the molecule is Cc1cc(C=NNC(=O)CN(CCc2ccccc2)S(=O)(=O)c2ccc(Cl)cc2)c(C)n1-c1cc(Cl)ccc1Cl. The highest BCUT2D eigenvalue weighted by molar-refractivity contribution is 7.89.